The Morgan fingerprint density at radius 2 is 1.47 bits per heavy atom. The van der Waals surface area contributed by atoms with Gasteiger partial charge in [-0.15, -0.1) is 0 Å². The van der Waals surface area contributed by atoms with Crippen LogP contribution in [0.15, 0.2) is 108 Å². The average Bonchev–Trinajstić information content (AvgIpc) is 3.24. The monoisotopic (exact) mass is 500 g/mol. The third-order valence-corrected chi connectivity index (χ3v) is 8.35. The van der Waals surface area contributed by atoms with Gasteiger partial charge in [-0.1, -0.05) is 60.7 Å². The summed E-state index contributed by atoms with van der Waals surface area (Å²) in [5.74, 6) is -0.744. The Hall–Kier alpha value is -3.97. The Bertz CT molecular complexity index is 1450. The maximum atomic E-state index is 13.3. The van der Waals surface area contributed by atoms with Crippen LogP contribution in [0.2, 0.25) is 0 Å². The number of halogens is 1. The van der Waals surface area contributed by atoms with Crippen LogP contribution in [0.5, 0.6) is 0 Å². The van der Waals surface area contributed by atoms with Crippen LogP contribution >= 0.6 is 0 Å². The minimum absolute atomic E-state index is 0.0268. The molecule has 5 rings (SSSR count). The molecule has 36 heavy (non-hydrogen) atoms. The van der Waals surface area contributed by atoms with E-state index in [1.165, 1.54) is 16.4 Å². The van der Waals surface area contributed by atoms with Crippen LogP contribution in [0.4, 0.5) is 10.1 Å². The van der Waals surface area contributed by atoms with Crippen molar-refractivity contribution in [2.45, 2.75) is 30.3 Å². The number of hydrogen-bond donors (Lipinski definition) is 1. The summed E-state index contributed by atoms with van der Waals surface area (Å²) in [6.45, 7) is 1.82. The molecule has 4 aromatic carbocycles. The summed E-state index contributed by atoms with van der Waals surface area (Å²) in [6, 6.07) is 28.7. The van der Waals surface area contributed by atoms with Gasteiger partial charge in [-0.3, -0.25) is 9.10 Å². The summed E-state index contributed by atoms with van der Waals surface area (Å²) in [6.07, 6.45) is 0.470. The number of benzene rings is 4. The molecule has 0 saturated carbocycles. The molecule has 0 radical (unpaired) electrons. The predicted octanol–water partition coefficient (Wildman–Crippen LogP) is 5.49. The number of sulfonamides is 1. The van der Waals surface area contributed by atoms with Gasteiger partial charge in [0.1, 0.15) is 5.82 Å². The van der Waals surface area contributed by atoms with E-state index in [0.29, 0.717) is 17.7 Å². The van der Waals surface area contributed by atoms with E-state index in [2.05, 4.69) is 5.32 Å². The molecule has 4 aromatic rings. The highest BCUT2D eigenvalue weighted by Gasteiger charge is 2.36. The fourth-order valence-electron chi connectivity index (χ4n) is 4.69. The Morgan fingerprint density at radius 3 is 2.06 bits per heavy atom. The number of carbonyl (C=O) groups is 1. The van der Waals surface area contributed by atoms with Crippen LogP contribution in [0.25, 0.3) is 0 Å². The van der Waals surface area contributed by atoms with Crippen LogP contribution in [0, 0.1) is 5.82 Å². The number of anilines is 1. The highest BCUT2D eigenvalue weighted by Crippen LogP contribution is 2.37. The largest absolute Gasteiger partial charge is 0.341 e. The summed E-state index contributed by atoms with van der Waals surface area (Å²) in [5, 5.41) is 3.13. The van der Waals surface area contributed by atoms with E-state index in [-0.39, 0.29) is 22.9 Å². The Balaban J connectivity index is 1.44. The van der Waals surface area contributed by atoms with E-state index >= 15 is 0 Å². The second-order valence-corrected chi connectivity index (χ2v) is 10.7. The van der Waals surface area contributed by atoms with Gasteiger partial charge in [0.2, 0.25) is 0 Å². The molecule has 5 nitrogen and oxygen atoms in total. The van der Waals surface area contributed by atoms with Crippen LogP contribution < -0.4 is 9.62 Å². The van der Waals surface area contributed by atoms with Crippen LogP contribution in [0.3, 0.4) is 0 Å². The molecule has 0 aliphatic carbocycles. The quantitative estimate of drug-likeness (QED) is 0.381. The molecule has 1 heterocycles. The normalized spacial score (nSPS) is 15.1. The third-order valence-electron chi connectivity index (χ3n) is 6.41. The molecule has 1 aliphatic rings. The van der Waals surface area contributed by atoms with E-state index < -0.39 is 15.8 Å². The Morgan fingerprint density at radius 1 is 0.889 bits per heavy atom. The fourth-order valence-corrected chi connectivity index (χ4v) is 6.39. The predicted molar refractivity (Wildman–Crippen MR) is 138 cm³/mol. The van der Waals surface area contributed by atoms with Gasteiger partial charge in [0.15, 0.2) is 0 Å². The number of amides is 1. The number of nitrogens with zero attached hydrogens (tertiary/aromatic N) is 1. The van der Waals surface area contributed by atoms with Crippen molar-refractivity contribution in [2.24, 2.45) is 0 Å². The van der Waals surface area contributed by atoms with E-state index in [9.17, 15) is 17.6 Å². The zero-order valence-electron chi connectivity index (χ0n) is 19.6. The maximum Gasteiger partial charge on any atom is 0.264 e. The molecular formula is C29H25FN2O3S. The molecule has 182 valence electrons. The first-order chi connectivity index (χ1) is 17.3. The third kappa shape index (κ3) is 4.50. The van der Waals surface area contributed by atoms with E-state index in [4.69, 9.17) is 0 Å². The van der Waals surface area contributed by atoms with Crippen molar-refractivity contribution in [3.63, 3.8) is 0 Å². The van der Waals surface area contributed by atoms with Crippen molar-refractivity contribution in [1.29, 1.82) is 0 Å². The Labute approximate surface area is 210 Å². The van der Waals surface area contributed by atoms with Crippen molar-refractivity contribution in [1.82, 2.24) is 5.32 Å². The van der Waals surface area contributed by atoms with Crippen LogP contribution in [-0.2, 0) is 16.4 Å². The molecule has 0 fully saturated rings. The number of carbonyl (C=O) groups excluding carboxylic acids is 1. The Kier molecular flexibility index (Phi) is 6.33. The lowest BCUT2D eigenvalue weighted by Gasteiger charge is -2.24. The van der Waals surface area contributed by atoms with Crippen molar-refractivity contribution in [3.8, 4) is 0 Å². The van der Waals surface area contributed by atoms with Gasteiger partial charge in [0, 0.05) is 11.6 Å². The van der Waals surface area contributed by atoms with Crippen LogP contribution in [0.1, 0.15) is 40.0 Å². The molecule has 1 atom stereocenters. The lowest BCUT2D eigenvalue weighted by atomic mass is 9.98. The van der Waals surface area contributed by atoms with Gasteiger partial charge < -0.3 is 5.32 Å². The lowest BCUT2D eigenvalue weighted by Crippen LogP contribution is -2.35. The highest BCUT2D eigenvalue weighted by atomic mass is 32.2. The molecule has 0 spiro atoms. The SMILES string of the molecule is C[C@H]1Cc2cc(C(=O)NC(c3ccccc3)c3ccccc3)ccc2N1S(=O)(=O)c1ccc(F)cc1. The van der Waals surface area contributed by atoms with Crippen molar-refractivity contribution in [2.75, 3.05) is 4.31 Å². The van der Waals surface area contributed by atoms with E-state index in [1.54, 1.807) is 18.2 Å². The maximum absolute atomic E-state index is 13.3. The first kappa shape index (κ1) is 23.8. The molecule has 0 saturated heterocycles. The summed E-state index contributed by atoms with van der Waals surface area (Å²) in [5.41, 5.74) is 3.69. The topological polar surface area (TPSA) is 66.5 Å². The van der Waals surface area contributed by atoms with E-state index in [1.807, 2.05) is 67.6 Å². The highest BCUT2D eigenvalue weighted by molar-refractivity contribution is 7.92. The zero-order valence-corrected chi connectivity index (χ0v) is 20.5. The number of rotatable bonds is 6. The second-order valence-electron chi connectivity index (χ2n) is 8.88. The molecule has 7 heteroatoms. The summed E-state index contributed by atoms with van der Waals surface area (Å²) < 4.78 is 41.3. The fraction of sp³-hybridized carbons (Fsp3) is 0.138. The lowest BCUT2D eigenvalue weighted by molar-refractivity contribution is 0.0943. The minimum atomic E-state index is -3.88. The standard InChI is InChI=1S/C29H25FN2O3S/c1-20-18-24-19-23(12-17-27(24)32(20)36(34,35)26-15-13-25(30)14-16-26)29(33)31-28(21-8-4-2-5-9-21)22-10-6-3-7-11-22/h2-17,19-20,28H,18H2,1H3,(H,31,33)/t20-/m0/s1. The van der Waals surface area contributed by atoms with Gasteiger partial charge >= 0.3 is 0 Å². The first-order valence-electron chi connectivity index (χ1n) is 11.7. The smallest absolute Gasteiger partial charge is 0.264 e. The van der Waals surface area contributed by atoms with Gasteiger partial charge in [-0.05, 0) is 72.5 Å². The first-order valence-corrected chi connectivity index (χ1v) is 13.1. The molecule has 1 amide bonds. The molecule has 1 N–H and O–H groups in total. The molecule has 0 bridgehead atoms. The van der Waals surface area contributed by atoms with Gasteiger partial charge in [0.05, 0.1) is 16.6 Å². The van der Waals surface area contributed by atoms with Crippen molar-refractivity contribution >= 4 is 21.6 Å². The average molecular weight is 501 g/mol. The van der Waals surface area contributed by atoms with Gasteiger partial charge in [-0.2, -0.15) is 0 Å². The number of fused-ring (bicyclic) bond motifs is 1. The van der Waals surface area contributed by atoms with Crippen molar-refractivity contribution in [3.05, 3.63) is 131 Å². The number of nitrogens with one attached hydrogen (secondary N) is 1. The zero-order chi connectivity index (χ0) is 25.3. The molecule has 0 unspecified atom stereocenters. The molecular weight excluding hydrogens is 475 g/mol. The number of hydrogen-bond acceptors (Lipinski definition) is 3. The minimum Gasteiger partial charge on any atom is -0.341 e. The van der Waals surface area contributed by atoms with Gasteiger partial charge in [0.25, 0.3) is 15.9 Å². The summed E-state index contributed by atoms with van der Waals surface area (Å²) >= 11 is 0. The summed E-state index contributed by atoms with van der Waals surface area (Å²) in [7, 11) is -3.88. The second kappa shape index (κ2) is 9.59. The van der Waals surface area contributed by atoms with Crippen LogP contribution in [-0.4, -0.2) is 20.4 Å². The molecule has 0 aromatic heterocycles. The summed E-state index contributed by atoms with van der Waals surface area (Å²) in [4.78, 5) is 13.4. The van der Waals surface area contributed by atoms with Gasteiger partial charge in [-0.25, -0.2) is 12.8 Å². The van der Waals surface area contributed by atoms with Crippen molar-refractivity contribution < 1.29 is 17.6 Å². The molecule has 1 aliphatic heterocycles. The van der Waals surface area contributed by atoms with E-state index in [0.717, 1.165) is 28.8 Å².